The Morgan fingerprint density at radius 3 is 2.69 bits per heavy atom. The molecule has 26 heavy (non-hydrogen) atoms. The van der Waals surface area contributed by atoms with Gasteiger partial charge < -0.3 is 5.32 Å². The quantitative estimate of drug-likeness (QED) is 0.543. The number of nitrogens with zero attached hydrogens (tertiary/aromatic N) is 2. The Bertz CT molecular complexity index is 992. The van der Waals surface area contributed by atoms with E-state index in [1.54, 1.807) is 66.5 Å². The minimum Gasteiger partial charge on any atom is -0.322 e. The Morgan fingerprint density at radius 2 is 1.96 bits per heavy atom. The van der Waals surface area contributed by atoms with E-state index in [9.17, 15) is 9.59 Å². The van der Waals surface area contributed by atoms with Crippen LogP contribution in [0.1, 0.15) is 26.3 Å². The first-order valence-electron chi connectivity index (χ1n) is 7.90. The van der Waals surface area contributed by atoms with Crippen LogP contribution in [0.4, 0.5) is 5.69 Å². The molecule has 0 aliphatic heterocycles. The molecule has 1 N–H and O–H groups in total. The van der Waals surface area contributed by atoms with Crippen molar-refractivity contribution in [3.05, 3.63) is 88.7 Å². The lowest BCUT2D eigenvalue weighted by Gasteiger charge is -2.07. The molecule has 0 aliphatic carbocycles. The lowest BCUT2D eigenvalue weighted by atomic mass is 10.1. The number of halogens is 1. The van der Waals surface area contributed by atoms with Crippen LogP contribution in [0.3, 0.4) is 0 Å². The lowest BCUT2D eigenvalue weighted by Crippen LogP contribution is -2.12. The predicted molar refractivity (Wildman–Crippen MR) is 102 cm³/mol. The predicted octanol–water partition coefficient (Wildman–Crippen LogP) is 4.22. The Labute approximate surface area is 155 Å². The number of amides is 1. The molecule has 130 valence electrons. The van der Waals surface area contributed by atoms with E-state index in [1.807, 2.05) is 6.07 Å². The molecular formula is C20H16ClN3O2. The highest BCUT2D eigenvalue weighted by atomic mass is 35.5. The van der Waals surface area contributed by atoms with Gasteiger partial charge in [-0.25, -0.2) is 0 Å². The van der Waals surface area contributed by atoms with E-state index in [-0.39, 0.29) is 11.7 Å². The van der Waals surface area contributed by atoms with Crippen molar-refractivity contribution in [1.82, 2.24) is 9.78 Å². The number of carbonyl (C=O) groups excluding carboxylic acids is 2. The SMILES string of the molecule is Cn1cc(C(=O)C=Cc2cccc(NC(=O)c3ccccc3Cl)c2)cn1. The number of rotatable bonds is 5. The fourth-order valence-corrected chi connectivity index (χ4v) is 2.60. The molecule has 3 aromatic rings. The summed E-state index contributed by atoms with van der Waals surface area (Å²) in [6, 6.07) is 14.0. The topological polar surface area (TPSA) is 64.0 Å². The van der Waals surface area contributed by atoms with Gasteiger partial charge in [-0.2, -0.15) is 5.10 Å². The average molecular weight is 366 g/mol. The molecule has 0 fully saturated rings. The Morgan fingerprint density at radius 1 is 1.15 bits per heavy atom. The van der Waals surface area contributed by atoms with E-state index >= 15 is 0 Å². The van der Waals surface area contributed by atoms with Crippen LogP contribution < -0.4 is 5.32 Å². The summed E-state index contributed by atoms with van der Waals surface area (Å²) in [5, 5.41) is 7.18. The molecule has 0 unspecified atom stereocenters. The second-order valence-corrected chi connectivity index (χ2v) is 6.07. The van der Waals surface area contributed by atoms with Gasteiger partial charge in [-0.1, -0.05) is 41.9 Å². The second-order valence-electron chi connectivity index (χ2n) is 5.66. The number of benzene rings is 2. The molecule has 0 aliphatic rings. The van der Waals surface area contributed by atoms with Crippen LogP contribution in [0.5, 0.6) is 0 Å². The van der Waals surface area contributed by atoms with E-state index in [0.717, 1.165) is 5.56 Å². The largest absolute Gasteiger partial charge is 0.322 e. The number of ketones is 1. The van der Waals surface area contributed by atoms with Crippen molar-refractivity contribution in [2.24, 2.45) is 7.05 Å². The smallest absolute Gasteiger partial charge is 0.257 e. The third kappa shape index (κ3) is 4.26. The first-order chi connectivity index (χ1) is 12.5. The molecule has 0 saturated carbocycles. The van der Waals surface area contributed by atoms with Crippen LogP contribution in [0.25, 0.3) is 6.08 Å². The fourth-order valence-electron chi connectivity index (χ4n) is 2.38. The van der Waals surface area contributed by atoms with Crippen LogP contribution in [0, 0.1) is 0 Å². The standard InChI is InChI=1S/C20H16ClN3O2/c1-24-13-15(12-22-24)19(25)10-9-14-5-4-6-16(11-14)23-20(26)17-7-2-3-8-18(17)21/h2-13H,1H3,(H,23,26). The molecule has 0 bridgehead atoms. The highest BCUT2D eigenvalue weighted by Crippen LogP contribution is 2.18. The normalized spacial score (nSPS) is 10.8. The van der Waals surface area contributed by atoms with Gasteiger partial charge in [0.15, 0.2) is 5.78 Å². The molecule has 3 rings (SSSR count). The van der Waals surface area contributed by atoms with Gasteiger partial charge in [0.25, 0.3) is 5.91 Å². The number of aromatic nitrogens is 2. The number of hydrogen-bond acceptors (Lipinski definition) is 3. The number of anilines is 1. The summed E-state index contributed by atoms with van der Waals surface area (Å²) >= 11 is 6.04. The minimum atomic E-state index is -0.289. The number of nitrogens with one attached hydrogen (secondary N) is 1. The van der Waals surface area contributed by atoms with Crippen molar-refractivity contribution in [3.63, 3.8) is 0 Å². The van der Waals surface area contributed by atoms with Crippen LogP contribution in [0.2, 0.25) is 5.02 Å². The molecule has 0 atom stereocenters. The molecule has 1 aromatic heterocycles. The van der Waals surface area contributed by atoms with Gasteiger partial charge in [0, 0.05) is 18.9 Å². The van der Waals surface area contributed by atoms with E-state index in [4.69, 9.17) is 11.6 Å². The second kappa shape index (κ2) is 7.80. The zero-order valence-electron chi connectivity index (χ0n) is 14.0. The summed E-state index contributed by atoms with van der Waals surface area (Å²) in [5.41, 5.74) is 2.33. The highest BCUT2D eigenvalue weighted by Gasteiger charge is 2.10. The molecule has 2 aromatic carbocycles. The van der Waals surface area contributed by atoms with Crippen molar-refractivity contribution in [3.8, 4) is 0 Å². The van der Waals surface area contributed by atoms with Crippen molar-refractivity contribution in [2.45, 2.75) is 0 Å². The Kier molecular flexibility index (Phi) is 5.29. The van der Waals surface area contributed by atoms with Crippen molar-refractivity contribution in [2.75, 3.05) is 5.32 Å². The average Bonchev–Trinajstić information content (AvgIpc) is 3.07. The van der Waals surface area contributed by atoms with Gasteiger partial charge in [-0.05, 0) is 35.9 Å². The van der Waals surface area contributed by atoms with E-state index in [1.165, 1.54) is 12.3 Å². The monoisotopic (exact) mass is 365 g/mol. The van der Waals surface area contributed by atoms with Crippen LogP contribution >= 0.6 is 11.6 Å². The first-order valence-corrected chi connectivity index (χ1v) is 8.28. The number of carbonyl (C=O) groups is 2. The summed E-state index contributed by atoms with van der Waals surface area (Å²) in [5.74, 6) is -0.424. The fraction of sp³-hybridized carbons (Fsp3) is 0.0500. The van der Waals surface area contributed by atoms with Gasteiger partial charge in [-0.3, -0.25) is 14.3 Å². The first kappa shape index (κ1) is 17.6. The van der Waals surface area contributed by atoms with Crippen molar-refractivity contribution in [1.29, 1.82) is 0 Å². The maximum absolute atomic E-state index is 12.3. The molecule has 6 heteroatoms. The van der Waals surface area contributed by atoms with Gasteiger partial charge >= 0.3 is 0 Å². The summed E-state index contributed by atoms with van der Waals surface area (Å²) in [7, 11) is 1.76. The Balaban J connectivity index is 1.72. The van der Waals surface area contributed by atoms with Gasteiger partial charge in [0.2, 0.25) is 0 Å². The number of aryl methyl sites for hydroxylation is 1. The Hall–Kier alpha value is -3.18. The molecule has 1 amide bonds. The van der Waals surface area contributed by atoms with Crippen LogP contribution in [-0.4, -0.2) is 21.5 Å². The van der Waals surface area contributed by atoms with Crippen LogP contribution in [-0.2, 0) is 7.05 Å². The van der Waals surface area contributed by atoms with Gasteiger partial charge in [0.05, 0.1) is 22.3 Å². The summed E-state index contributed by atoms with van der Waals surface area (Å²) in [4.78, 5) is 24.4. The third-order valence-electron chi connectivity index (χ3n) is 3.68. The molecule has 0 spiro atoms. The number of hydrogen-bond donors (Lipinski definition) is 1. The molecule has 1 heterocycles. The van der Waals surface area contributed by atoms with Gasteiger partial charge in [-0.15, -0.1) is 0 Å². The van der Waals surface area contributed by atoms with Crippen LogP contribution in [0.15, 0.2) is 67.0 Å². The molecular weight excluding hydrogens is 350 g/mol. The minimum absolute atomic E-state index is 0.136. The molecule has 0 radical (unpaired) electrons. The highest BCUT2D eigenvalue weighted by molar-refractivity contribution is 6.34. The molecule has 5 nitrogen and oxygen atoms in total. The third-order valence-corrected chi connectivity index (χ3v) is 4.01. The van der Waals surface area contributed by atoms with Crippen molar-refractivity contribution >= 4 is 35.1 Å². The summed E-state index contributed by atoms with van der Waals surface area (Å²) < 4.78 is 1.58. The van der Waals surface area contributed by atoms with Gasteiger partial charge in [0.1, 0.15) is 0 Å². The summed E-state index contributed by atoms with van der Waals surface area (Å²) in [6.07, 6.45) is 6.35. The maximum atomic E-state index is 12.3. The number of allylic oxidation sites excluding steroid dienone is 1. The zero-order valence-corrected chi connectivity index (χ0v) is 14.8. The maximum Gasteiger partial charge on any atom is 0.257 e. The summed E-state index contributed by atoms with van der Waals surface area (Å²) in [6.45, 7) is 0. The lowest BCUT2D eigenvalue weighted by molar-refractivity contribution is 0.102. The molecule has 0 saturated heterocycles. The zero-order chi connectivity index (χ0) is 18.5. The van der Waals surface area contributed by atoms with E-state index < -0.39 is 0 Å². The van der Waals surface area contributed by atoms with E-state index in [0.29, 0.717) is 21.8 Å². The van der Waals surface area contributed by atoms with Crippen molar-refractivity contribution < 1.29 is 9.59 Å². The van der Waals surface area contributed by atoms with E-state index in [2.05, 4.69) is 10.4 Å².